The van der Waals surface area contributed by atoms with Gasteiger partial charge in [-0.15, -0.1) is 0 Å². The van der Waals surface area contributed by atoms with Gasteiger partial charge in [0, 0.05) is 12.3 Å². The molecule has 0 heterocycles. The highest BCUT2D eigenvalue weighted by atomic mass is 35.5. The van der Waals surface area contributed by atoms with Crippen LogP contribution in [0.4, 0.5) is 9.18 Å². The van der Waals surface area contributed by atoms with Crippen molar-refractivity contribution in [2.45, 2.75) is 18.4 Å². The van der Waals surface area contributed by atoms with Gasteiger partial charge in [0.15, 0.2) is 0 Å². The molecule has 0 saturated carbocycles. The molecule has 1 aliphatic rings. The molecule has 4 rings (SSSR count). The van der Waals surface area contributed by atoms with Crippen LogP contribution in [0.1, 0.15) is 22.6 Å². The molecule has 1 amide bonds. The second-order valence-electron chi connectivity index (χ2n) is 7.28. The van der Waals surface area contributed by atoms with Gasteiger partial charge in [0.1, 0.15) is 18.5 Å². The van der Waals surface area contributed by atoms with E-state index < -0.39 is 23.9 Å². The van der Waals surface area contributed by atoms with E-state index in [4.69, 9.17) is 16.3 Å². The molecule has 5 nitrogen and oxygen atoms in total. The number of ether oxygens (including phenoxy) is 1. The van der Waals surface area contributed by atoms with Crippen LogP contribution in [-0.4, -0.2) is 29.8 Å². The molecule has 3 aromatic rings. The van der Waals surface area contributed by atoms with Gasteiger partial charge in [0.25, 0.3) is 0 Å². The van der Waals surface area contributed by atoms with E-state index in [2.05, 4.69) is 5.32 Å². The number of hydrogen-bond donors (Lipinski definition) is 2. The number of hydrogen-bond acceptors (Lipinski definition) is 3. The quantitative estimate of drug-likeness (QED) is 0.566. The van der Waals surface area contributed by atoms with E-state index in [9.17, 15) is 19.1 Å². The van der Waals surface area contributed by atoms with E-state index in [1.165, 1.54) is 18.2 Å². The fraction of sp³-hybridized carbons (Fsp3) is 0.167. The molecule has 1 aliphatic carbocycles. The lowest BCUT2D eigenvalue weighted by Gasteiger charge is -2.18. The summed E-state index contributed by atoms with van der Waals surface area (Å²) in [7, 11) is 0. The van der Waals surface area contributed by atoms with Crippen molar-refractivity contribution in [3.8, 4) is 11.1 Å². The SMILES string of the molecule is O=C(NC(Cc1cccc(Cl)c1F)C(=O)O)OCC1c2ccccc2-c2ccccc21. The zero-order valence-corrected chi connectivity index (χ0v) is 17.1. The van der Waals surface area contributed by atoms with E-state index in [0.717, 1.165) is 22.3 Å². The second-order valence-corrected chi connectivity index (χ2v) is 7.68. The maximum Gasteiger partial charge on any atom is 0.407 e. The first kappa shape index (κ1) is 20.9. The summed E-state index contributed by atoms with van der Waals surface area (Å²) in [5.41, 5.74) is 4.37. The fourth-order valence-electron chi connectivity index (χ4n) is 3.91. The number of carboxylic acids is 1. The number of nitrogens with one attached hydrogen (secondary N) is 1. The standard InChI is InChI=1S/C24H19ClFNO4/c25-20-11-5-6-14(22(20)26)12-21(23(28)29)27-24(30)31-13-19-17-9-3-1-7-15(17)16-8-2-4-10-18(16)19/h1-11,19,21H,12-13H2,(H,27,30)(H,28,29). The number of benzene rings is 3. The Morgan fingerprint density at radius 3 is 2.23 bits per heavy atom. The topological polar surface area (TPSA) is 75.6 Å². The molecule has 158 valence electrons. The maximum absolute atomic E-state index is 14.1. The van der Waals surface area contributed by atoms with Gasteiger partial charge in [0.05, 0.1) is 5.02 Å². The summed E-state index contributed by atoms with van der Waals surface area (Å²) in [5, 5.41) is 11.7. The zero-order valence-electron chi connectivity index (χ0n) is 16.3. The Balaban J connectivity index is 1.45. The van der Waals surface area contributed by atoms with E-state index in [1.807, 2.05) is 48.5 Å². The minimum atomic E-state index is -1.36. The summed E-state index contributed by atoms with van der Waals surface area (Å²) >= 11 is 5.75. The normalized spacial score (nSPS) is 13.2. The van der Waals surface area contributed by atoms with Gasteiger partial charge < -0.3 is 15.2 Å². The van der Waals surface area contributed by atoms with E-state index in [0.29, 0.717) is 0 Å². The third kappa shape index (κ3) is 4.25. The molecule has 31 heavy (non-hydrogen) atoms. The molecule has 0 aromatic heterocycles. The summed E-state index contributed by atoms with van der Waals surface area (Å²) in [4.78, 5) is 24.0. The molecule has 0 saturated heterocycles. The van der Waals surface area contributed by atoms with Gasteiger partial charge in [-0.25, -0.2) is 14.0 Å². The number of aliphatic carboxylic acids is 1. The predicted molar refractivity (Wildman–Crippen MR) is 115 cm³/mol. The van der Waals surface area contributed by atoms with Gasteiger partial charge in [-0.3, -0.25) is 0 Å². The molecule has 2 N–H and O–H groups in total. The minimum Gasteiger partial charge on any atom is -0.480 e. The van der Waals surface area contributed by atoms with Crippen LogP contribution in [0.15, 0.2) is 66.7 Å². The molecular weight excluding hydrogens is 421 g/mol. The van der Waals surface area contributed by atoms with Crippen molar-refractivity contribution < 1.29 is 23.8 Å². The monoisotopic (exact) mass is 439 g/mol. The smallest absolute Gasteiger partial charge is 0.407 e. The zero-order chi connectivity index (χ0) is 22.0. The molecule has 0 spiro atoms. The number of halogens is 2. The molecule has 0 radical (unpaired) electrons. The van der Waals surface area contributed by atoms with Gasteiger partial charge in [-0.1, -0.05) is 72.3 Å². The van der Waals surface area contributed by atoms with Crippen LogP contribution < -0.4 is 5.32 Å². The van der Waals surface area contributed by atoms with Crippen LogP contribution in [0.3, 0.4) is 0 Å². The maximum atomic E-state index is 14.1. The van der Waals surface area contributed by atoms with Crippen molar-refractivity contribution in [2.75, 3.05) is 6.61 Å². The van der Waals surface area contributed by atoms with Crippen molar-refractivity contribution in [1.82, 2.24) is 5.32 Å². The first-order valence-electron chi connectivity index (χ1n) is 9.73. The highest BCUT2D eigenvalue weighted by Crippen LogP contribution is 2.44. The van der Waals surface area contributed by atoms with Crippen molar-refractivity contribution in [3.63, 3.8) is 0 Å². The predicted octanol–water partition coefficient (Wildman–Crippen LogP) is 5.01. The van der Waals surface area contributed by atoms with E-state index in [-0.39, 0.29) is 29.5 Å². The number of carboxylic acid groups (broad SMARTS) is 1. The Morgan fingerprint density at radius 1 is 1.00 bits per heavy atom. The van der Waals surface area contributed by atoms with Crippen LogP contribution >= 0.6 is 11.6 Å². The Hall–Kier alpha value is -3.38. The third-order valence-corrected chi connectivity index (χ3v) is 5.68. The van der Waals surface area contributed by atoms with E-state index in [1.54, 1.807) is 0 Å². The lowest BCUT2D eigenvalue weighted by Crippen LogP contribution is -2.43. The van der Waals surface area contributed by atoms with Crippen LogP contribution in [0.2, 0.25) is 5.02 Å². The van der Waals surface area contributed by atoms with Crippen LogP contribution in [0.5, 0.6) is 0 Å². The van der Waals surface area contributed by atoms with Crippen molar-refractivity contribution in [2.24, 2.45) is 0 Å². The number of alkyl carbamates (subject to hydrolysis) is 1. The third-order valence-electron chi connectivity index (χ3n) is 5.39. The Kier molecular flexibility index (Phi) is 5.91. The van der Waals surface area contributed by atoms with Gasteiger partial charge in [0.2, 0.25) is 0 Å². The average Bonchev–Trinajstić information content (AvgIpc) is 3.08. The Morgan fingerprint density at radius 2 is 1.61 bits per heavy atom. The first-order chi connectivity index (χ1) is 15.0. The summed E-state index contributed by atoms with van der Waals surface area (Å²) in [6.07, 6.45) is -1.14. The Labute approximate surface area is 183 Å². The molecule has 0 aliphatic heterocycles. The van der Waals surface area contributed by atoms with E-state index >= 15 is 0 Å². The average molecular weight is 440 g/mol. The van der Waals surface area contributed by atoms with Gasteiger partial charge in [-0.2, -0.15) is 0 Å². The molecular formula is C24H19ClFNO4. The summed E-state index contributed by atoms with van der Waals surface area (Å²) in [6.45, 7) is 0.0533. The van der Waals surface area contributed by atoms with Gasteiger partial charge in [-0.05, 0) is 33.9 Å². The lowest BCUT2D eigenvalue weighted by atomic mass is 9.98. The van der Waals surface area contributed by atoms with Crippen LogP contribution in [0, 0.1) is 5.82 Å². The van der Waals surface area contributed by atoms with Crippen molar-refractivity contribution in [3.05, 3.63) is 94.3 Å². The second kappa shape index (κ2) is 8.78. The molecule has 0 bridgehead atoms. The van der Waals surface area contributed by atoms with Crippen molar-refractivity contribution >= 4 is 23.7 Å². The number of carbonyl (C=O) groups is 2. The molecule has 7 heteroatoms. The highest BCUT2D eigenvalue weighted by Gasteiger charge is 2.30. The Bertz CT molecular complexity index is 1100. The summed E-state index contributed by atoms with van der Waals surface area (Å²) in [5.74, 6) is -2.15. The van der Waals surface area contributed by atoms with Crippen LogP contribution in [0.25, 0.3) is 11.1 Å². The fourth-order valence-corrected chi connectivity index (χ4v) is 4.10. The largest absolute Gasteiger partial charge is 0.480 e. The summed E-state index contributed by atoms with van der Waals surface area (Å²) < 4.78 is 19.5. The first-order valence-corrected chi connectivity index (χ1v) is 10.1. The minimum absolute atomic E-state index is 0.0533. The molecule has 1 unspecified atom stereocenters. The molecule has 0 fully saturated rings. The molecule has 1 atom stereocenters. The number of amides is 1. The summed E-state index contributed by atoms with van der Waals surface area (Å²) in [6, 6.07) is 18.8. The number of carbonyl (C=O) groups excluding carboxylic acids is 1. The highest BCUT2D eigenvalue weighted by molar-refractivity contribution is 6.30. The van der Waals surface area contributed by atoms with Crippen molar-refractivity contribution in [1.29, 1.82) is 0 Å². The lowest BCUT2D eigenvalue weighted by molar-refractivity contribution is -0.139. The number of fused-ring (bicyclic) bond motifs is 3. The van der Waals surface area contributed by atoms with Crippen LogP contribution in [-0.2, 0) is 16.0 Å². The van der Waals surface area contributed by atoms with Gasteiger partial charge >= 0.3 is 12.1 Å². The number of rotatable bonds is 6. The molecule has 3 aromatic carbocycles.